The first-order valence-electron chi connectivity index (χ1n) is 6.00. The lowest BCUT2D eigenvalue weighted by Gasteiger charge is -2.30. The largest absolute Gasteiger partial charge is 0.490 e. The van der Waals surface area contributed by atoms with Crippen LogP contribution in [0, 0.1) is 5.92 Å². The number of benzene rings is 1. The second-order valence-corrected chi connectivity index (χ2v) is 4.80. The summed E-state index contributed by atoms with van der Waals surface area (Å²) in [4.78, 5) is 2.28. The van der Waals surface area contributed by atoms with Crippen LogP contribution in [0.3, 0.4) is 0 Å². The van der Waals surface area contributed by atoms with E-state index in [4.69, 9.17) is 4.74 Å². The van der Waals surface area contributed by atoms with E-state index in [2.05, 4.69) is 35.5 Å². The molecule has 1 aromatic carbocycles. The highest BCUT2D eigenvalue weighted by molar-refractivity contribution is 5.60. The Kier molecular flexibility index (Phi) is 2.48. The molecule has 0 aliphatic carbocycles. The lowest BCUT2D eigenvalue weighted by molar-refractivity contribution is 0.310. The molecular formula is C13H18N2O. The predicted molar refractivity (Wildman–Crippen MR) is 65.3 cm³/mol. The summed E-state index contributed by atoms with van der Waals surface area (Å²) >= 11 is 0. The monoisotopic (exact) mass is 218 g/mol. The molecule has 1 saturated heterocycles. The number of anilines is 1. The number of rotatable bonds is 2. The van der Waals surface area contributed by atoms with Crippen LogP contribution >= 0.6 is 0 Å². The van der Waals surface area contributed by atoms with E-state index in [-0.39, 0.29) is 0 Å². The van der Waals surface area contributed by atoms with Gasteiger partial charge in [0.1, 0.15) is 12.4 Å². The van der Waals surface area contributed by atoms with Gasteiger partial charge in [0.05, 0.1) is 12.2 Å². The molecule has 0 bridgehead atoms. The summed E-state index contributed by atoms with van der Waals surface area (Å²) in [6.45, 7) is 4.13. The minimum atomic E-state index is 0.801. The molecule has 0 radical (unpaired) electrons. The Balaban J connectivity index is 1.82. The fourth-order valence-electron chi connectivity index (χ4n) is 2.35. The van der Waals surface area contributed by atoms with Gasteiger partial charge in [0.15, 0.2) is 0 Å². The van der Waals surface area contributed by atoms with Crippen LogP contribution in [0.5, 0.6) is 5.75 Å². The van der Waals surface area contributed by atoms with E-state index in [1.807, 2.05) is 0 Å². The lowest BCUT2D eigenvalue weighted by atomic mass is 9.94. The second kappa shape index (κ2) is 3.98. The lowest BCUT2D eigenvalue weighted by Crippen LogP contribution is -2.43. The molecule has 0 aromatic heterocycles. The molecule has 3 nitrogen and oxygen atoms in total. The Bertz CT molecular complexity index is 388. The first-order chi connectivity index (χ1) is 7.83. The third kappa shape index (κ3) is 1.76. The Labute approximate surface area is 96.4 Å². The van der Waals surface area contributed by atoms with E-state index in [1.54, 1.807) is 0 Å². The molecule has 2 aliphatic heterocycles. The average Bonchev–Trinajstić information content (AvgIpc) is 2.24. The molecule has 2 heterocycles. The van der Waals surface area contributed by atoms with Gasteiger partial charge in [0, 0.05) is 7.05 Å². The summed E-state index contributed by atoms with van der Waals surface area (Å²) in [6, 6.07) is 6.61. The molecule has 0 saturated carbocycles. The SMILES string of the molecule is CN1CCOc2ccc(CC3CNC3)cc21. The van der Waals surface area contributed by atoms with Crippen molar-refractivity contribution in [3.05, 3.63) is 23.8 Å². The number of nitrogens with one attached hydrogen (secondary N) is 1. The van der Waals surface area contributed by atoms with Crippen molar-refractivity contribution in [3.8, 4) is 5.75 Å². The number of hydrogen-bond donors (Lipinski definition) is 1. The quantitative estimate of drug-likeness (QED) is 0.809. The van der Waals surface area contributed by atoms with Crippen LogP contribution < -0.4 is 15.0 Å². The molecule has 3 heteroatoms. The van der Waals surface area contributed by atoms with Crippen LogP contribution in [0.15, 0.2) is 18.2 Å². The van der Waals surface area contributed by atoms with Crippen molar-refractivity contribution in [2.75, 3.05) is 38.2 Å². The minimum absolute atomic E-state index is 0.801. The smallest absolute Gasteiger partial charge is 0.142 e. The highest BCUT2D eigenvalue weighted by Crippen LogP contribution is 2.32. The van der Waals surface area contributed by atoms with Crippen molar-refractivity contribution < 1.29 is 4.74 Å². The number of likely N-dealkylation sites (N-methyl/N-ethyl adjacent to an activating group) is 1. The molecule has 2 aliphatic rings. The predicted octanol–water partition coefficient (Wildman–Crippen LogP) is 1.28. The molecule has 3 rings (SSSR count). The van der Waals surface area contributed by atoms with Gasteiger partial charge in [-0.15, -0.1) is 0 Å². The summed E-state index contributed by atoms with van der Waals surface area (Å²) in [5, 5.41) is 3.32. The van der Waals surface area contributed by atoms with E-state index in [0.29, 0.717) is 0 Å². The highest BCUT2D eigenvalue weighted by atomic mass is 16.5. The zero-order chi connectivity index (χ0) is 11.0. The van der Waals surface area contributed by atoms with Crippen molar-refractivity contribution in [2.45, 2.75) is 6.42 Å². The summed E-state index contributed by atoms with van der Waals surface area (Å²) in [5.74, 6) is 1.86. The topological polar surface area (TPSA) is 24.5 Å². The average molecular weight is 218 g/mol. The van der Waals surface area contributed by atoms with Crippen LogP contribution in [0.2, 0.25) is 0 Å². The van der Waals surface area contributed by atoms with Gasteiger partial charge in [-0.3, -0.25) is 0 Å². The van der Waals surface area contributed by atoms with Gasteiger partial charge in [-0.25, -0.2) is 0 Å². The second-order valence-electron chi connectivity index (χ2n) is 4.80. The van der Waals surface area contributed by atoms with E-state index in [9.17, 15) is 0 Å². The molecule has 1 fully saturated rings. The summed E-state index contributed by atoms with van der Waals surface area (Å²) in [5.41, 5.74) is 2.68. The van der Waals surface area contributed by atoms with Gasteiger partial charge in [-0.05, 0) is 43.1 Å². The maximum atomic E-state index is 5.64. The number of fused-ring (bicyclic) bond motifs is 1. The fraction of sp³-hybridized carbons (Fsp3) is 0.538. The van der Waals surface area contributed by atoms with Gasteiger partial charge in [0.2, 0.25) is 0 Å². The Hall–Kier alpha value is -1.22. The Morgan fingerprint density at radius 2 is 2.31 bits per heavy atom. The van der Waals surface area contributed by atoms with Crippen LogP contribution in [0.1, 0.15) is 5.56 Å². The van der Waals surface area contributed by atoms with Crippen LogP contribution in [-0.2, 0) is 6.42 Å². The Morgan fingerprint density at radius 1 is 1.44 bits per heavy atom. The van der Waals surface area contributed by atoms with Gasteiger partial charge in [-0.2, -0.15) is 0 Å². The van der Waals surface area contributed by atoms with Crippen LogP contribution in [-0.4, -0.2) is 33.3 Å². The highest BCUT2D eigenvalue weighted by Gasteiger charge is 2.19. The van der Waals surface area contributed by atoms with Crippen LogP contribution in [0.4, 0.5) is 5.69 Å². The zero-order valence-corrected chi connectivity index (χ0v) is 9.70. The van der Waals surface area contributed by atoms with Crippen molar-refractivity contribution in [1.29, 1.82) is 0 Å². The van der Waals surface area contributed by atoms with Crippen molar-refractivity contribution in [2.24, 2.45) is 5.92 Å². The van der Waals surface area contributed by atoms with E-state index >= 15 is 0 Å². The molecule has 1 N–H and O–H groups in total. The van der Waals surface area contributed by atoms with E-state index < -0.39 is 0 Å². The molecule has 0 spiro atoms. The summed E-state index contributed by atoms with van der Waals surface area (Å²) in [7, 11) is 2.13. The van der Waals surface area contributed by atoms with Gasteiger partial charge < -0.3 is 15.0 Å². The zero-order valence-electron chi connectivity index (χ0n) is 9.70. The maximum absolute atomic E-state index is 5.64. The first-order valence-corrected chi connectivity index (χ1v) is 6.00. The Morgan fingerprint density at radius 3 is 3.06 bits per heavy atom. The molecule has 1 aromatic rings. The fourth-order valence-corrected chi connectivity index (χ4v) is 2.35. The third-order valence-electron chi connectivity index (χ3n) is 3.51. The van der Waals surface area contributed by atoms with E-state index in [0.717, 1.165) is 24.8 Å². The van der Waals surface area contributed by atoms with Crippen molar-refractivity contribution >= 4 is 5.69 Å². The number of ether oxygens (including phenoxy) is 1. The third-order valence-corrected chi connectivity index (χ3v) is 3.51. The van der Waals surface area contributed by atoms with Gasteiger partial charge >= 0.3 is 0 Å². The minimum Gasteiger partial charge on any atom is -0.490 e. The molecule has 16 heavy (non-hydrogen) atoms. The molecular weight excluding hydrogens is 200 g/mol. The summed E-state index contributed by atoms with van der Waals surface area (Å²) < 4.78 is 5.64. The molecule has 0 amide bonds. The maximum Gasteiger partial charge on any atom is 0.142 e. The number of nitrogens with zero attached hydrogens (tertiary/aromatic N) is 1. The molecule has 0 atom stereocenters. The van der Waals surface area contributed by atoms with Gasteiger partial charge in [0.25, 0.3) is 0 Å². The van der Waals surface area contributed by atoms with Crippen molar-refractivity contribution in [1.82, 2.24) is 5.32 Å². The normalized spacial score (nSPS) is 19.9. The molecule has 86 valence electrons. The summed E-state index contributed by atoms with van der Waals surface area (Å²) in [6.07, 6.45) is 1.19. The first kappa shape index (κ1) is 9.97. The number of hydrogen-bond acceptors (Lipinski definition) is 3. The van der Waals surface area contributed by atoms with Crippen molar-refractivity contribution in [3.63, 3.8) is 0 Å². The van der Waals surface area contributed by atoms with E-state index in [1.165, 1.54) is 30.8 Å². The standard InChI is InChI=1S/C13H18N2O/c1-15-4-5-16-13-3-2-10(7-12(13)15)6-11-8-14-9-11/h2-3,7,11,14H,4-6,8-9H2,1H3. The van der Waals surface area contributed by atoms with Crippen LogP contribution in [0.25, 0.3) is 0 Å². The molecule has 0 unspecified atom stereocenters. The van der Waals surface area contributed by atoms with Gasteiger partial charge in [-0.1, -0.05) is 6.07 Å².